The summed E-state index contributed by atoms with van der Waals surface area (Å²) in [5.74, 6) is 1.84. The van der Waals surface area contributed by atoms with Gasteiger partial charge in [-0.1, -0.05) is 18.5 Å². The molecule has 0 aliphatic rings. The lowest BCUT2D eigenvalue weighted by atomic mass is 10.2. The Morgan fingerprint density at radius 2 is 2.22 bits per heavy atom. The van der Waals surface area contributed by atoms with E-state index in [1.807, 2.05) is 6.07 Å². The van der Waals surface area contributed by atoms with Gasteiger partial charge in [-0.05, 0) is 18.6 Å². The molecular weight excluding hydrogens is 230 g/mol. The highest BCUT2D eigenvalue weighted by molar-refractivity contribution is 5.66. The number of rotatable bonds is 5. The van der Waals surface area contributed by atoms with Gasteiger partial charge >= 0.3 is 0 Å². The van der Waals surface area contributed by atoms with Crippen molar-refractivity contribution in [1.82, 2.24) is 10.1 Å². The van der Waals surface area contributed by atoms with Crippen LogP contribution in [0.2, 0.25) is 0 Å². The number of unbranched alkanes of at least 4 members (excludes halogenated alkanes) is 1. The Morgan fingerprint density at radius 1 is 1.39 bits per heavy atom. The van der Waals surface area contributed by atoms with Gasteiger partial charge in [-0.2, -0.15) is 4.98 Å². The van der Waals surface area contributed by atoms with Crippen molar-refractivity contribution in [2.24, 2.45) is 0 Å². The molecule has 0 radical (unpaired) electrons. The molecular formula is C13H17N3O2. The predicted octanol–water partition coefficient (Wildman–Crippen LogP) is 2.67. The third-order valence-corrected chi connectivity index (χ3v) is 2.68. The normalized spacial score (nSPS) is 10.6. The number of methoxy groups -OCH3 is 1. The first-order valence-corrected chi connectivity index (χ1v) is 6.01. The van der Waals surface area contributed by atoms with Gasteiger partial charge in [0, 0.05) is 18.2 Å². The van der Waals surface area contributed by atoms with Crippen LogP contribution >= 0.6 is 0 Å². The monoisotopic (exact) mass is 247 g/mol. The van der Waals surface area contributed by atoms with E-state index in [-0.39, 0.29) is 0 Å². The SMILES string of the molecule is CCCCc1noc(-c2ccc(N)cc2OC)n1. The molecule has 0 aliphatic heterocycles. The van der Waals surface area contributed by atoms with Crippen molar-refractivity contribution in [3.05, 3.63) is 24.0 Å². The second kappa shape index (κ2) is 5.53. The van der Waals surface area contributed by atoms with Crippen LogP contribution in [0.4, 0.5) is 5.69 Å². The third-order valence-electron chi connectivity index (χ3n) is 2.68. The van der Waals surface area contributed by atoms with Crippen LogP contribution < -0.4 is 10.5 Å². The molecule has 0 fully saturated rings. The summed E-state index contributed by atoms with van der Waals surface area (Å²) in [6.45, 7) is 2.13. The summed E-state index contributed by atoms with van der Waals surface area (Å²) in [7, 11) is 1.59. The van der Waals surface area contributed by atoms with Crippen LogP contribution in [0.3, 0.4) is 0 Å². The molecule has 2 aromatic rings. The maximum atomic E-state index is 5.71. The summed E-state index contributed by atoms with van der Waals surface area (Å²) in [5, 5.41) is 3.96. The molecule has 5 heteroatoms. The first kappa shape index (κ1) is 12.4. The Morgan fingerprint density at radius 3 is 2.94 bits per heavy atom. The molecule has 18 heavy (non-hydrogen) atoms. The van der Waals surface area contributed by atoms with E-state index >= 15 is 0 Å². The van der Waals surface area contributed by atoms with Crippen LogP contribution in [-0.2, 0) is 6.42 Å². The van der Waals surface area contributed by atoms with E-state index in [0.717, 1.165) is 30.7 Å². The van der Waals surface area contributed by atoms with Crippen molar-refractivity contribution >= 4 is 5.69 Å². The number of hydrogen-bond acceptors (Lipinski definition) is 5. The highest BCUT2D eigenvalue weighted by Gasteiger charge is 2.13. The summed E-state index contributed by atoms with van der Waals surface area (Å²) in [4.78, 5) is 4.36. The van der Waals surface area contributed by atoms with E-state index in [4.69, 9.17) is 15.0 Å². The number of benzene rings is 1. The van der Waals surface area contributed by atoms with Gasteiger partial charge in [0.25, 0.3) is 5.89 Å². The molecule has 0 amide bonds. The number of ether oxygens (including phenoxy) is 1. The Bertz CT molecular complexity index is 523. The van der Waals surface area contributed by atoms with E-state index in [0.29, 0.717) is 17.3 Å². The lowest BCUT2D eigenvalue weighted by Crippen LogP contribution is -1.92. The maximum Gasteiger partial charge on any atom is 0.261 e. The molecule has 96 valence electrons. The van der Waals surface area contributed by atoms with E-state index in [2.05, 4.69) is 17.1 Å². The fourth-order valence-corrected chi connectivity index (χ4v) is 1.68. The largest absolute Gasteiger partial charge is 0.496 e. The maximum absolute atomic E-state index is 5.71. The number of aryl methyl sites for hydroxylation is 1. The standard InChI is InChI=1S/C13H17N3O2/c1-3-4-5-12-15-13(18-16-12)10-7-6-9(14)8-11(10)17-2/h6-8H,3-5,14H2,1-2H3. The van der Waals surface area contributed by atoms with Gasteiger partial charge in [0.05, 0.1) is 12.7 Å². The smallest absolute Gasteiger partial charge is 0.261 e. The van der Waals surface area contributed by atoms with Gasteiger partial charge in [0.15, 0.2) is 5.82 Å². The van der Waals surface area contributed by atoms with Gasteiger partial charge in [-0.25, -0.2) is 0 Å². The van der Waals surface area contributed by atoms with Gasteiger partial charge < -0.3 is 15.0 Å². The molecule has 2 N–H and O–H groups in total. The molecule has 0 spiro atoms. The molecule has 0 atom stereocenters. The number of nitrogens with zero attached hydrogens (tertiary/aromatic N) is 2. The molecule has 1 heterocycles. The number of nitrogens with two attached hydrogens (primary N) is 1. The van der Waals surface area contributed by atoms with Crippen LogP contribution in [-0.4, -0.2) is 17.3 Å². The first-order valence-electron chi connectivity index (χ1n) is 6.01. The number of anilines is 1. The van der Waals surface area contributed by atoms with Crippen LogP contribution in [0.25, 0.3) is 11.5 Å². The topological polar surface area (TPSA) is 74.2 Å². The number of nitrogen functional groups attached to an aromatic ring is 1. The van der Waals surface area contributed by atoms with E-state index in [1.54, 1.807) is 19.2 Å². The average Bonchev–Trinajstić information content (AvgIpc) is 2.84. The molecule has 2 rings (SSSR count). The number of aromatic nitrogens is 2. The fraction of sp³-hybridized carbons (Fsp3) is 0.385. The van der Waals surface area contributed by atoms with Crippen molar-refractivity contribution in [3.8, 4) is 17.2 Å². The zero-order valence-electron chi connectivity index (χ0n) is 10.6. The minimum absolute atomic E-state index is 0.470. The minimum atomic E-state index is 0.470. The van der Waals surface area contributed by atoms with Crippen molar-refractivity contribution in [3.63, 3.8) is 0 Å². The van der Waals surface area contributed by atoms with Gasteiger partial charge in [0.1, 0.15) is 5.75 Å². The third kappa shape index (κ3) is 2.61. The summed E-state index contributed by atoms with van der Waals surface area (Å²) in [6.07, 6.45) is 2.99. The summed E-state index contributed by atoms with van der Waals surface area (Å²) in [6, 6.07) is 5.35. The molecule has 0 aliphatic carbocycles. The predicted molar refractivity (Wildman–Crippen MR) is 69.3 cm³/mol. The van der Waals surface area contributed by atoms with Gasteiger partial charge in [0.2, 0.25) is 0 Å². The number of hydrogen-bond donors (Lipinski definition) is 1. The summed E-state index contributed by atoms with van der Waals surface area (Å²) >= 11 is 0. The van der Waals surface area contributed by atoms with Crippen molar-refractivity contribution < 1.29 is 9.26 Å². The lowest BCUT2D eigenvalue weighted by molar-refractivity contribution is 0.402. The highest BCUT2D eigenvalue weighted by atomic mass is 16.5. The molecule has 0 unspecified atom stereocenters. The van der Waals surface area contributed by atoms with Crippen LogP contribution in [0, 0.1) is 0 Å². The zero-order chi connectivity index (χ0) is 13.0. The van der Waals surface area contributed by atoms with Crippen LogP contribution in [0.5, 0.6) is 5.75 Å². The molecule has 1 aromatic heterocycles. The molecule has 0 saturated heterocycles. The molecule has 5 nitrogen and oxygen atoms in total. The quantitative estimate of drug-likeness (QED) is 0.822. The van der Waals surface area contributed by atoms with Gasteiger partial charge in [-0.15, -0.1) is 0 Å². The minimum Gasteiger partial charge on any atom is -0.496 e. The Kier molecular flexibility index (Phi) is 3.82. The van der Waals surface area contributed by atoms with Crippen molar-refractivity contribution in [2.75, 3.05) is 12.8 Å². The average molecular weight is 247 g/mol. The molecule has 1 aromatic carbocycles. The fourth-order valence-electron chi connectivity index (χ4n) is 1.68. The lowest BCUT2D eigenvalue weighted by Gasteiger charge is -2.05. The Balaban J connectivity index is 2.28. The first-order chi connectivity index (χ1) is 8.74. The van der Waals surface area contributed by atoms with Crippen molar-refractivity contribution in [2.45, 2.75) is 26.2 Å². The summed E-state index contributed by atoms with van der Waals surface area (Å²) < 4.78 is 10.5. The highest BCUT2D eigenvalue weighted by Crippen LogP contribution is 2.30. The van der Waals surface area contributed by atoms with Crippen LogP contribution in [0.15, 0.2) is 22.7 Å². The second-order valence-electron chi connectivity index (χ2n) is 4.08. The van der Waals surface area contributed by atoms with Crippen molar-refractivity contribution in [1.29, 1.82) is 0 Å². The van der Waals surface area contributed by atoms with E-state index < -0.39 is 0 Å². The Labute approximate surface area is 106 Å². The van der Waals surface area contributed by atoms with E-state index in [9.17, 15) is 0 Å². The summed E-state index contributed by atoms with van der Waals surface area (Å²) in [5.41, 5.74) is 7.11. The Hall–Kier alpha value is -2.04. The van der Waals surface area contributed by atoms with Crippen LogP contribution in [0.1, 0.15) is 25.6 Å². The molecule has 0 bridgehead atoms. The van der Waals surface area contributed by atoms with E-state index in [1.165, 1.54) is 0 Å². The van der Waals surface area contributed by atoms with Gasteiger partial charge in [-0.3, -0.25) is 0 Å². The molecule has 0 saturated carbocycles. The zero-order valence-corrected chi connectivity index (χ0v) is 10.6. The second-order valence-corrected chi connectivity index (χ2v) is 4.08.